The molecule has 3 heteroatoms. The third-order valence-corrected chi connectivity index (χ3v) is 5.85. The second-order valence-corrected chi connectivity index (χ2v) is 8.70. The SMILES string of the molecule is CCCCCCCCCCCCCCn1cc[n+](-c2c(C)cc(C)cc2C)c1.[Br-]. The number of rotatable bonds is 14. The zero-order valence-corrected chi connectivity index (χ0v) is 20.9. The van der Waals surface area contributed by atoms with E-state index in [0.717, 1.165) is 6.54 Å². The monoisotopic (exact) mass is 462 g/mol. The van der Waals surface area contributed by atoms with Crippen molar-refractivity contribution in [2.75, 3.05) is 0 Å². The van der Waals surface area contributed by atoms with Crippen LogP contribution in [0.5, 0.6) is 0 Å². The van der Waals surface area contributed by atoms with E-state index in [1.165, 1.54) is 99.4 Å². The summed E-state index contributed by atoms with van der Waals surface area (Å²) in [6.07, 6.45) is 23.6. The first-order valence-corrected chi connectivity index (χ1v) is 11.8. The van der Waals surface area contributed by atoms with E-state index in [1.54, 1.807) is 0 Å². The summed E-state index contributed by atoms with van der Waals surface area (Å²) in [6, 6.07) is 4.55. The molecule has 0 N–H and O–H groups in total. The number of nitrogens with zero attached hydrogens (tertiary/aromatic N) is 2. The van der Waals surface area contributed by atoms with Crippen LogP contribution in [0.4, 0.5) is 0 Å². The summed E-state index contributed by atoms with van der Waals surface area (Å²) in [7, 11) is 0. The third-order valence-electron chi connectivity index (χ3n) is 5.85. The highest BCUT2D eigenvalue weighted by Gasteiger charge is 2.12. The van der Waals surface area contributed by atoms with Crippen molar-refractivity contribution in [2.24, 2.45) is 0 Å². The lowest BCUT2D eigenvalue weighted by molar-refractivity contribution is -0.596. The fourth-order valence-corrected chi connectivity index (χ4v) is 4.37. The summed E-state index contributed by atoms with van der Waals surface area (Å²) in [5.74, 6) is 0. The number of benzene rings is 1. The average molecular weight is 464 g/mol. The zero-order chi connectivity index (χ0) is 20.2. The molecule has 0 spiro atoms. The Hall–Kier alpha value is -1.09. The molecule has 29 heavy (non-hydrogen) atoms. The Morgan fingerprint density at radius 3 is 1.72 bits per heavy atom. The second-order valence-electron chi connectivity index (χ2n) is 8.70. The van der Waals surface area contributed by atoms with Gasteiger partial charge in [0.05, 0.1) is 6.54 Å². The van der Waals surface area contributed by atoms with Crippen LogP contribution >= 0.6 is 0 Å². The van der Waals surface area contributed by atoms with Gasteiger partial charge in [-0.25, -0.2) is 9.13 Å². The number of unbranched alkanes of at least 4 members (excludes halogenated alkanes) is 11. The van der Waals surface area contributed by atoms with Crippen molar-refractivity contribution >= 4 is 0 Å². The number of hydrogen-bond acceptors (Lipinski definition) is 0. The summed E-state index contributed by atoms with van der Waals surface area (Å²) in [6.45, 7) is 10.0. The van der Waals surface area contributed by atoms with Crippen LogP contribution in [0.15, 0.2) is 30.9 Å². The van der Waals surface area contributed by atoms with Gasteiger partial charge in [-0.3, -0.25) is 0 Å². The minimum absolute atomic E-state index is 0. The van der Waals surface area contributed by atoms with Crippen LogP contribution in [0.3, 0.4) is 0 Å². The first kappa shape index (κ1) is 25.9. The molecule has 0 saturated heterocycles. The number of imidazole rings is 1. The number of hydrogen-bond donors (Lipinski definition) is 0. The number of aromatic nitrogens is 2. The van der Waals surface area contributed by atoms with Crippen molar-refractivity contribution in [1.29, 1.82) is 0 Å². The Kier molecular flexibility index (Phi) is 13.3. The average Bonchev–Trinajstić information content (AvgIpc) is 3.10. The standard InChI is InChI=1S/C26H43N2.BrH/c1-5-6-7-8-9-10-11-12-13-14-15-16-17-27-18-19-28(22-27)26-24(3)20-23(2)21-25(26)4;/h18-22H,5-17H2,1-4H3;1H/q+1;/p-1. The molecule has 2 aromatic rings. The summed E-state index contributed by atoms with van der Waals surface area (Å²) in [4.78, 5) is 0. The van der Waals surface area contributed by atoms with Crippen molar-refractivity contribution in [3.8, 4) is 5.69 Å². The molecule has 0 unspecified atom stereocenters. The molecule has 1 aromatic carbocycles. The summed E-state index contributed by atoms with van der Waals surface area (Å²) in [5.41, 5.74) is 5.38. The molecule has 0 atom stereocenters. The fraction of sp³-hybridized carbons (Fsp3) is 0.654. The van der Waals surface area contributed by atoms with Gasteiger partial charge < -0.3 is 17.0 Å². The van der Waals surface area contributed by atoms with Crippen molar-refractivity contribution in [1.82, 2.24) is 4.57 Å². The van der Waals surface area contributed by atoms with E-state index < -0.39 is 0 Å². The van der Waals surface area contributed by atoms with Gasteiger partial charge in [-0.2, -0.15) is 0 Å². The molecule has 0 radical (unpaired) electrons. The van der Waals surface area contributed by atoms with Gasteiger partial charge in [0, 0.05) is 0 Å². The Bertz CT molecular complexity index is 667. The van der Waals surface area contributed by atoms with Crippen LogP contribution in [0.2, 0.25) is 0 Å². The highest BCUT2D eigenvalue weighted by Crippen LogP contribution is 2.16. The predicted octanol–water partition coefficient (Wildman–Crippen LogP) is 4.40. The van der Waals surface area contributed by atoms with E-state index >= 15 is 0 Å². The summed E-state index contributed by atoms with van der Waals surface area (Å²) < 4.78 is 4.62. The van der Waals surface area contributed by atoms with E-state index in [9.17, 15) is 0 Å². The quantitative estimate of drug-likeness (QED) is 0.290. The van der Waals surface area contributed by atoms with Crippen LogP contribution in [-0.2, 0) is 6.54 Å². The molecule has 1 aromatic heterocycles. The maximum atomic E-state index is 2.34. The third kappa shape index (κ3) is 9.51. The van der Waals surface area contributed by atoms with E-state index in [2.05, 4.69) is 67.7 Å². The largest absolute Gasteiger partial charge is 1.00 e. The molecule has 0 saturated carbocycles. The van der Waals surface area contributed by atoms with Gasteiger partial charge in [0.2, 0.25) is 6.33 Å². The van der Waals surface area contributed by atoms with E-state index in [4.69, 9.17) is 0 Å². The predicted molar refractivity (Wildman–Crippen MR) is 121 cm³/mol. The highest BCUT2D eigenvalue weighted by molar-refractivity contribution is 5.43. The van der Waals surface area contributed by atoms with E-state index in [0.29, 0.717) is 0 Å². The van der Waals surface area contributed by atoms with Crippen molar-refractivity contribution < 1.29 is 21.5 Å². The minimum atomic E-state index is 0. The molecule has 0 amide bonds. The van der Waals surface area contributed by atoms with Gasteiger partial charge in [0.15, 0.2) is 0 Å². The van der Waals surface area contributed by atoms with Crippen molar-refractivity contribution in [2.45, 2.75) is 111 Å². The minimum Gasteiger partial charge on any atom is -1.00 e. The van der Waals surface area contributed by atoms with Gasteiger partial charge in [-0.1, -0.05) is 88.8 Å². The number of aryl methyl sites for hydroxylation is 4. The topological polar surface area (TPSA) is 8.81 Å². The Morgan fingerprint density at radius 2 is 1.21 bits per heavy atom. The van der Waals surface area contributed by atoms with E-state index in [-0.39, 0.29) is 17.0 Å². The molecule has 2 nitrogen and oxygen atoms in total. The molecule has 0 aliphatic heterocycles. The number of halogens is 1. The van der Waals surface area contributed by atoms with E-state index in [1.807, 2.05) is 0 Å². The van der Waals surface area contributed by atoms with Crippen LogP contribution < -0.4 is 21.5 Å². The fourth-order valence-electron chi connectivity index (χ4n) is 4.37. The van der Waals surface area contributed by atoms with Gasteiger partial charge in [0.1, 0.15) is 18.1 Å². The van der Waals surface area contributed by atoms with Gasteiger partial charge in [-0.05, 0) is 44.7 Å². The molecule has 0 bridgehead atoms. The summed E-state index contributed by atoms with van der Waals surface area (Å²) in [5, 5.41) is 0. The van der Waals surface area contributed by atoms with Crippen LogP contribution in [0, 0.1) is 20.8 Å². The molecular formula is C26H43BrN2. The second kappa shape index (κ2) is 14.8. The summed E-state index contributed by atoms with van der Waals surface area (Å²) >= 11 is 0. The normalized spacial score (nSPS) is 10.9. The van der Waals surface area contributed by atoms with Crippen molar-refractivity contribution in [3.05, 3.63) is 47.5 Å². The molecular weight excluding hydrogens is 420 g/mol. The smallest absolute Gasteiger partial charge is 0.248 e. The Morgan fingerprint density at radius 1 is 0.724 bits per heavy atom. The Labute approximate surface area is 190 Å². The maximum absolute atomic E-state index is 2.34. The van der Waals surface area contributed by atoms with Gasteiger partial charge in [0.25, 0.3) is 0 Å². The molecule has 0 aliphatic rings. The molecule has 0 aliphatic carbocycles. The van der Waals surface area contributed by atoms with Crippen LogP contribution in [0.25, 0.3) is 5.69 Å². The lowest BCUT2D eigenvalue weighted by atomic mass is 10.1. The van der Waals surface area contributed by atoms with Crippen LogP contribution in [-0.4, -0.2) is 4.57 Å². The lowest BCUT2D eigenvalue weighted by Crippen LogP contribution is -3.00. The molecule has 0 fully saturated rings. The highest BCUT2D eigenvalue weighted by atomic mass is 79.9. The van der Waals surface area contributed by atoms with Gasteiger partial charge >= 0.3 is 0 Å². The Balaban J connectivity index is 0.00000420. The first-order valence-electron chi connectivity index (χ1n) is 11.8. The lowest BCUT2D eigenvalue weighted by Gasteiger charge is -2.07. The van der Waals surface area contributed by atoms with Gasteiger partial charge in [-0.15, -0.1) is 0 Å². The zero-order valence-electron chi connectivity index (χ0n) is 19.4. The first-order chi connectivity index (χ1) is 13.6. The molecule has 2 rings (SSSR count). The molecule has 1 heterocycles. The van der Waals surface area contributed by atoms with Crippen molar-refractivity contribution in [3.63, 3.8) is 0 Å². The maximum Gasteiger partial charge on any atom is 0.248 e. The molecule has 164 valence electrons. The van der Waals surface area contributed by atoms with Crippen LogP contribution in [0.1, 0.15) is 101 Å².